The summed E-state index contributed by atoms with van der Waals surface area (Å²) in [6.07, 6.45) is 1.44. The summed E-state index contributed by atoms with van der Waals surface area (Å²) in [7, 11) is 0. The molecule has 3 rings (SSSR count). The van der Waals surface area contributed by atoms with Crippen LogP contribution in [0.15, 0.2) is 18.2 Å². The lowest BCUT2D eigenvalue weighted by Gasteiger charge is -2.38. The summed E-state index contributed by atoms with van der Waals surface area (Å²) >= 11 is 0. The van der Waals surface area contributed by atoms with Gasteiger partial charge < -0.3 is 14.8 Å². The highest BCUT2D eigenvalue weighted by Crippen LogP contribution is 2.33. The standard InChI is InChI=1S/C16H24N2O2/c1-3-14-11-20-12(2)9-18(14)10-13-5-4-6-15-16(13)19-8-7-17-15/h4-6,12,14,17H,3,7-11H2,1-2H3. The molecule has 1 fully saturated rings. The fourth-order valence-electron chi connectivity index (χ4n) is 3.06. The third-order valence-corrected chi connectivity index (χ3v) is 4.19. The molecular formula is C16H24N2O2. The van der Waals surface area contributed by atoms with E-state index in [-0.39, 0.29) is 0 Å². The van der Waals surface area contributed by atoms with E-state index >= 15 is 0 Å². The molecule has 4 heteroatoms. The number of rotatable bonds is 3. The fourth-order valence-corrected chi connectivity index (χ4v) is 3.06. The molecule has 0 aliphatic carbocycles. The van der Waals surface area contributed by atoms with Gasteiger partial charge in [0.05, 0.1) is 18.4 Å². The Hall–Kier alpha value is -1.26. The van der Waals surface area contributed by atoms with Gasteiger partial charge in [-0.15, -0.1) is 0 Å². The van der Waals surface area contributed by atoms with Crippen LogP contribution in [0.2, 0.25) is 0 Å². The number of para-hydroxylation sites is 1. The number of benzene rings is 1. The third-order valence-electron chi connectivity index (χ3n) is 4.19. The van der Waals surface area contributed by atoms with Crippen LogP contribution in [-0.2, 0) is 11.3 Å². The minimum absolute atomic E-state index is 0.316. The van der Waals surface area contributed by atoms with Crippen molar-refractivity contribution in [3.8, 4) is 5.75 Å². The van der Waals surface area contributed by atoms with Crippen molar-refractivity contribution in [2.45, 2.75) is 39.0 Å². The van der Waals surface area contributed by atoms with Crippen LogP contribution < -0.4 is 10.1 Å². The number of nitrogens with zero attached hydrogens (tertiary/aromatic N) is 1. The zero-order chi connectivity index (χ0) is 13.9. The van der Waals surface area contributed by atoms with Gasteiger partial charge in [0.1, 0.15) is 12.4 Å². The SMILES string of the molecule is CCC1COC(C)CN1Cc1cccc2c1OCCN2. The van der Waals surface area contributed by atoms with Gasteiger partial charge in [0.2, 0.25) is 0 Å². The molecule has 1 aromatic rings. The van der Waals surface area contributed by atoms with Gasteiger partial charge in [-0.05, 0) is 19.4 Å². The topological polar surface area (TPSA) is 33.7 Å². The average Bonchev–Trinajstić information content (AvgIpc) is 2.48. The molecule has 2 aliphatic heterocycles. The maximum absolute atomic E-state index is 5.87. The van der Waals surface area contributed by atoms with Crippen molar-refractivity contribution in [1.29, 1.82) is 0 Å². The van der Waals surface area contributed by atoms with Crippen molar-refractivity contribution in [3.63, 3.8) is 0 Å². The molecule has 1 N–H and O–H groups in total. The van der Waals surface area contributed by atoms with E-state index < -0.39 is 0 Å². The van der Waals surface area contributed by atoms with Crippen LogP contribution in [-0.4, -0.2) is 43.3 Å². The molecule has 110 valence electrons. The highest BCUT2D eigenvalue weighted by atomic mass is 16.5. The number of fused-ring (bicyclic) bond motifs is 1. The summed E-state index contributed by atoms with van der Waals surface area (Å²) in [6, 6.07) is 6.90. The van der Waals surface area contributed by atoms with Gasteiger partial charge in [-0.2, -0.15) is 0 Å². The molecule has 1 aromatic carbocycles. The molecule has 0 amide bonds. The maximum Gasteiger partial charge on any atom is 0.146 e. The smallest absolute Gasteiger partial charge is 0.146 e. The number of anilines is 1. The van der Waals surface area contributed by atoms with Crippen LogP contribution in [0.4, 0.5) is 5.69 Å². The Bertz CT molecular complexity index is 464. The second-order valence-electron chi connectivity index (χ2n) is 5.70. The Kier molecular flexibility index (Phi) is 4.13. The molecule has 0 saturated carbocycles. The van der Waals surface area contributed by atoms with E-state index in [1.54, 1.807) is 0 Å². The van der Waals surface area contributed by atoms with Crippen LogP contribution in [0.5, 0.6) is 5.75 Å². The zero-order valence-electron chi connectivity index (χ0n) is 12.4. The summed E-state index contributed by atoms with van der Waals surface area (Å²) in [5.74, 6) is 1.03. The summed E-state index contributed by atoms with van der Waals surface area (Å²) in [5.41, 5.74) is 2.41. The summed E-state index contributed by atoms with van der Waals surface area (Å²) in [4.78, 5) is 2.53. The van der Waals surface area contributed by atoms with Crippen molar-refractivity contribution < 1.29 is 9.47 Å². The first-order valence-corrected chi connectivity index (χ1v) is 7.62. The Morgan fingerprint density at radius 1 is 1.40 bits per heavy atom. The average molecular weight is 276 g/mol. The maximum atomic E-state index is 5.87. The van der Waals surface area contributed by atoms with Gasteiger partial charge in [0.15, 0.2) is 0 Å². The second-order valence-corrected chi connectivity index (χ2v) is 5.70. The van der Waals surface area contributed by atoms with E-state index in [1.807, 2.05) is 0 Å². The van der Waals surface area contributed by atoms with E-state index in [0.29, 0.717) is 12.1 Å². The molecule has 0 aromatic heterocycles. The first-order chi connectivity index (χ1) is 9.78. The highest BCUT2D eigenvalue weighted by molar-refractivity contribution is 5.61. The number of hydrogen-bond acceptors (Lipinski definition) is 4. The van der Waals surface area contributed by atoms with Gasteiger partial charge >= 0.3 is 0 Å². The van der Waals surface area contributed by atoms with E-state index in [9.17, 15) is 0 Å². The predicted octanol–water partition coefficient (Wildman–Crippen LogP) is 2.49. The first kappa shape index (κ1) is 13.7. The molecule has 0 radical (unpaired) electrons. The summed E-state index contributed by atoms with van der Waals surface area (Å²) in [6.45, 7) is 8.80. The predicted molar refractivity (Wildman–Crippen MR) is 80.3 cm³/mol. The van der Waals surface area contributed by atoms with Crippen molar-refractivity contribution in [2.24, 2.45) is 0 Å². The number of hydrogen-bond donors (Lipinski definition) is 1. The Morgan fingerprint density at radius 2 is 2.30 bits per heavy atom. The highest BCUT2D eigenvalue weighted by Gasteiger charge is 2.27. The Morgan fingerprint density at radius 3 is 3.15 bits per heavy atom. The summed E-state index contributed by atoms with van der Waals surface area (Å²) < 4.78 is 11.6. The molecule has 0 spiro atoms. The largest absolute Gasteiger partial charge is 0.489 e. The quantitative estimate of drug-likeness (QED) is 0.919. The fraction of sp³-hybridized carbons (Fsp3) is 0.625. The number of ether oxygens (including phenoxy) is 2. The minimum Gasteiger partial charge on any atom is -0.489 e. The lowest BCUT2D eigenvalue weighted by atomic mass is 10.1. The van der Waals surface area contributed by atoms with E-state index in [4.69, 9.17) is 9.47 Å². The van der Waals surface area contributed by atoms with E-state index in [1.165, 1.54) is 5.56 Å². The van der Waals surface area contributed by atoms with E-state index in [2.05, 4.69) is 42.3 Å². The van der Waals surface area contributed by atoms with Gasteiger partial charge in [-0.3, -0.25) is 4.90 Å². The van der Waals surface area contributed by atoms with Crippen LogP contribution in [0.3, 0.4) is 0 Å². The molecule has 1 saturated heterocycles. The zero-order valence-corrected chi connectivity index (χ0v) is 12.4. The van der Waals surface area contributed by atoms with Crippen LogP contribution in [0.25, 0.3) is 0 Å². The molecule has 2 heterocycles. The van der Waals surface area contributed by atoms with Gasteiger partial charge in [-0.25, -0.2) is 0 Å². The van der Waals surface area contributed by atoms with Gasteiger partial charge in [0, 0.05) is 31.2 Å². The normalized spacial score (nSPS) is 26.5. The van der Waals surface area contributed by atoms with Gasteiger partial charge in [-0.1, -0.05) is 19.1 Å². The van der Waals surface area contributed by atoms with Crippen LogP contribution >= 0.6 is 0 Å². The van der Waals surface area contributed by atoms with Crippen molar-refractivity contribution in [1.82, 2.24) is 4.90 Å². The Labute approximate surface area is 121 Å². The van der Waals surface area contributed by atoms with Crippen molar-refractivity contribution in [3.05, 3.63) is 23.8 Å². The summed E-state index contributed by atoms with van der Waals surface area (Å²) in [5, 5.41) is 3.41. The lowest BCUT2D eigenvalue weighted by molar-refractivity contribution is -0.0594. The molecule has 2 aliphatic rings. The number of nitrogens with one attached hydrogen (secondary N) is 1. The molecule has 0 bridgehead atoms. The second kappa shape index (κ2) is 6.02. The molecular weight excluding hydrogens is 252 g/mol. The van der Waals surface area contributed by atoms with Gasteiger partial charge in [0.25, 0.3) is 0 Å². The number of morpholine rings is 1. The van der Waals surface area contributed by atoms with Crippen LogP contribution in [0, 0.1) is 0 Å². The van der Waals surface area contributed by atoms with Crippen molar-refractivity contribution >= 4 is 5.69 Å². The molecule has 20 heavy (non-hydrogen) atoms. The monoisotopic (exact) mass is 276 g/mol. The first-order valence-electron chi connectivity index (χ1n) is 7.62. The third kappa shape index (κ3) is 2.76. The van der Waals surface area contributed by atoms with Crippen LogP contribution in [0.1, 0.15) is 25.8 Å². The van der Waals surface area contributed by atoms with Crippen molar-refractivity contribution in [2.75, 3.05) is 31.6 Å². The van der Waals surface area contributed by atoms with E-state index in [0.717, 1.165) is 50.7 Å². The Balaban J connectivity index is 1.79. The lowest BCUT2D eigenvalue weighted by Crippen LogP contribution is -2.47. The molecule has 2 unspecified atom stereocenters. The molecule has 2 atom stereocenters. The molecule has 4 nitrogen and oxygen atoms in total. The minimum atomic E-state index is 0.316.